The summed E-state index contributed by atoms with van der Waals surface area (Å²) in [5, 5.41) is 11.1. The van der Waals surface area contributed by atoms with E-state index in [-0.39, 0.29) is 17.6 Å². The van der Waals surface area contributed by atoms with Crippen LogP contribution in [0.4, 0.5) is 0 Å². The minimum atomic E-state index is -0.236. The average molecular weight is 409 g/mol. The zero-order valence-electron chi connectivity index (χ0n) is 17.7. The second-order valence-corrected chi connectivity index (χ2v) is 7.95. The molecule has 4 rings (SSSR count). The van der Waals surface area contributed by atoms with Crippen molar-refractivity contribution in [1.29, 1.82) is 0 Å². The lowest BCUT2D eigenvalue weighted by Crippen LogP contribution is -2.48. The molecule has 1 unspecified atom stereocenters. The van der Waals surface area contributed by atoms with Gasteiger partial charge in [-0.1, -0.05) is 35.0 Å². The maximum atomic E-state index is 12.7. The molecular weight excluding hydrogens is 380 g/mol. The molecule has 1 saturated heterocycles. The van der Waals surface area contributed by atoms with Gasteiger partial charge in [0.25, 0.3) is 5.91 Å². The number of hydrogen-bond acceptors (Lipinski definition) is 6. The Morgan fingerprint density at radius 2 is 1.90 bits per heavy atom. The van der Waals surface area contributed by atoms with E-state index in [9.17, 15) is 4.79 Å². The van der Waals surface area contributed by atoms with Crippen LogP contribution in [0.2, 0.25) is 0 Å². The van der Waals surface area contributed by atoms with Crippen molar-refractivity contribution < 1.29 is 9.32 Å². The molecule has 1 aliphatic rings. The van der Waals surface area contributed by atoms with Crippen LogP contribution < -0.4 is 5.32 Å². The van der Waals surface area contributed by atoms with Crippen LogP contribution in [0.15, 0.2) is 47.2 Å². The lowest BCUT2D eigenvalue weighted by molar-refractivity contribution is 0.0878. The smallest absolute Gasteiger partial charge is 0.273 e. The van der Waals surface area contributed by atoms with Crippen molar-refractivity contribution in [3.05, 3.63) is 59.5 Å². The predicted molar refractivity (Wildman–Crippen MR) is 114 cm³/mol. The normalized spacial score (nSPS) is 16.5. The van der Waals surface area contributed by atoms with E-state index in [2.05, 4.69) is 63.6 Å². The first-order valence-corrected chi connectivity index (χ1v) is 10.2. The molecule has 1 atom stereocenters. The van der Waals surface area contributed by atoms with Gasteiger partial charge in [0.2, 0.25) is 0 Å². The van der Waals surface area contributed by atoms with Crippen LogP contribution in [-0.4, -0.2) is 70.4 Å². The number of benzene rings is 1. The molecule has 158 valence electrons. The van der Waals surface area contributed by atoms with Crippen LogP contribution in [0.1, 0.15) is 27.7 Å². The van der Waals surface area contributed by atoms with Crippen molar-refractivity contribution in [3.63, 3.8) is 0 Å². The number of piperazine rings is 1. The van der Waals surface area contributed by atoms with Crippen LogP contribution in [-0.2, 0) is 7.05 Å². The van der Waals surface area contributed by atoms with Crippen LogP contribution >= 0.6 is 0 Å². The molecule has 30 heavy (non-hydrogen) atoms. The number of nitrogens with zero attached hydrogens (tertiary/aromatic N) is 5. The summed E-state index contributed by atoms with van der Waals surface area (Å²) in [5.41, 5.74) is 3.50. The Hall–Kier alpha value is -2.97. The van der Waals surface area contributed by atoms with Gasteiger partial charge in [-0.15, -0.1) is 0 Å². The SMILES string of the molecule is Cc1ccc(C(CNC(=O)c2cc(-c3cnn(C)c3)on2)N2CCN(C)CC2)cc1. The Bertz CT molecular complexity index is 985. The molecule has 1 N–H and O–H groups in total. The molecular formula is C22H28N6O2. The van der Waals surface area contributed by atoms with E-state index in [0.717, 1.165) is 31.7 Å². The van der Waals surface area contributed by atoms with Crippen LogP contribution in [0.3, 0.4) is 0 Å². The van der Waals surface area contributed by atoms with Gasteiger partial charge < -0.3 is 14.7 Å². The lowest BCUT2D eigenvalue weighted by Gasteiger charge is -2.38. The fourth-order valence-electron chi connectivity index (χ4n) is 3.73. The van der Waals surface area contributed by atoms with E-state index in [1.54, 1.807) is 16.9 Å². The van der Waals surface area contributed by atoms with Crippen molar-refractivity contribution in [1.82, 2.24) is 30.1 Å². The summed E-state index contributed by atoms with van der Waals surface area (Å²) >= 11 is 0. The van der Waals surface area contributed by atoms with Crippen LogP contribution in [0.25, 0.3) is 11.3 Å². The monoisotopic (exact) mass is 408 g/mol. The number of aryl methyl sites for hydroxylation is 2. The fraction of sp³-hybridized carbons (Fsp3) is 0.409. The highest BCUT2D eigenvalue weighted by Gasteiger charge is 2.25. The van der Waals surface area contributed by atoms with Gasteiger partial charge in [0.15, 0.2) is 11.5 Å². The lowest BCUT2D eigenvalue weighted by atomic mass is 10.0. The number of rotatable bonds is 6. The summed E-state index contributed by atoms with van der Waals surface area (Å²) in [7, 11) is 3.97. The molecule has 8 heteroatoms. The van der Waals surface area contributed by atoms with Gasteiger partial charge in [-0.25, -0.2) is 0 Å². The molecule has 1 amide bonds. The Morgan fingerprint density at radius 3 is 2.57 bits per heavy atom. The largest absolute Gasteiger partial charge is 0.355 e. The molecule has 0 bridgehead atoms. The summed E-state index contributed by atoms with van der Waals surface area (Å²) in [6, 6.07) is 10.3. The van der Waals surface area contributed by atoms with E-state index in [1.807, 2.05) is 13.2 Å². The quantitative estimate of drug-likeness (QED) is 0.673. The maximum absolute atomic E-state index is 12.7. The molecule has 1 fully saturated rings. The number of amides is 1. The Kier molecular flexibility index (Phi) is 5.96. The second-order valence-electron chi connectivity index (χ2n) is 7.95. The van der Waals surface area contributed by atoms with E-state index in [0.29, 0.717) is 12.3 Å². The van der Waals surface area contributed by atoms with Gasteiger partial charge in [-0.05, 0) is 19.5 Å². The Labute approximate surface area is 176 Å². The first-order valence-electron chi connectivity index (χ1n) is 10.2. The third kappa shape index (κ3) is 4.60. The highest BCUT2D eigenvalue weighted by Crippen LogP contribution is 2.23. The van der Waals surface area contributed by atoms with Gasteiger partial charge in [0, 0.05) is 52.0 Å². The summed E-state index contributed by atoms with van der Waals surface area (Å²) in [5.74, 6) is 0.294. The van der Waals surface area contributed by atoms with Crippen LogP contribution in [0, 0.1) is 6.92 Å². The fourth-order valence-corrected chi connectivity index (χ4v) is 3.73. The summed E-state index contributed by atoms with van der Waals surface area (Å²) in [4.78, 5) is 17.5. The Balaban J connectivity index is 1.46. The Morgan fingerprint density at radius 1 is 1.17 bits per heavy atom. The maximum Gasteiger partial charge on any atom is 0.273 e. The predicted octanol–water partition coefficient (Wildman–Crippen LogP) is 2.10. The molecule has 1 aromatic carbocycles. The molecule has 2 aromatic heterocycles. The van der Waals surface area contributed by atoms with Gasteiger partial charge >= 0.3 is 0 Å². The first-order chi connectivity index (χ1) is 14.5. The molecule has 3 heterocycles. The number of carbonyl (C=O) groups is 1. The van der Waals surface area contributed by atoms with E-state index < -0.39 is 0 Å². The van der Waals surface area contributed by atoms with E-state index in [4.69, 9.17) is 4.52 Å². The number of likely N-dealkylation sites (N-methyl/N-ethyl adjacent to an activating group) is 1. The second kappa shape index (κ2) is 8.81. The summed E-state index contributed by atoms with van der Waals surface area (Å²) in [6.07, 6.45) is 3.51. The van der Waals surface area contributed by atoms with Crippen molar-refractivity contribution in [3.8, 4) is 11.3 Å². The average Bonchev–Trinajstić information content (AvgIpc) is 3.39. The highest BCUT2D eigenvalue weighted by atomic mass is 16.5. The van der Waals surface area contributed by atoms with Crippen molar-refractivity contribution in [2.45, 2.75) is 13.0 Å². The highest BCUT2D eigenvalue weighted by molar-refractivity contribution is 5.93. The minimum absolute atomic E-state index is 0.118. The molecule has 0 spiro atoms. The number of carbonyl (C=O) groups excluding carboxylic acids is 1. The van der Waals surface area contributed by atoms with Crippen LogP contribution in [0.5, 0.6) is 0 Å². The number of aromatic nitrogens is 3. The molecule has 3 aromatic rings. The van der Waals surface area contributed by atoms with E-state index >= 15 is 0 Å². The minimum Gasteiger partial charge on any atom is -0.355 e. The molecule has 0 radical (unpaired) electrons. The third-order valence-electron chi connectivity index (χ3n) is 5.63. The van der Waals surface area contributed by atoms with Gasteiger partial charge in [-0.2, -0.15) is 5.10 Å². The first kappa shape index (κ1) is 20.3. The van der Waals surface area contributed by atoms with Crippen molar-refractivity contribution >= 4 is 5.91 Å². The molecule has 1 aliphatic heterocycles. The summed E-state index contributed by atoms with van der Waals surface area (Å²) < 4.78 is 7.02. The van der Waals surface area contributed by atoms with Gasteiger partial charge in [-0.3, -0.25) is 14.4 Å². The molecule has 0 saturated carbocycles. The summed E-state index contributed by atoms with van der Waals surface area (Å²) in [6.45, 7) is 6.59. The van der Waals surface area contributed by atoms with E-state index in [1.165, 1.54) is 11.1 Å². The number of hydrogen-bond donors (Lipinski definition) is 1. The van der Waals surface area contributed by atoms with Gasteiger partial charge in [0.1, 0.15) is 0 Å². The van der Waals surface area contributed by atoms with Gasteiger partial charge in [0.05, 0.1) is 17.8 Å². The van der Waals surface area contributed by atoms with Crippen molar-refractivity contribution in [2.24, 2.45) is 7.05 Å². The zero-order chi connectivity index (χ0) is 21.1. The number of nitrogens with one attached hydrogen (secondary N) is 1. The zero-order valence-corrected chi connectivity index (χ0v) is 17.7. The van der Waals surface area contributed by atoms with Crippen molar-refractivity contribution in [2.75, 3.05) is 39.8 Å². The molecule has 0 aliphatic carbocycles. The topological polar surface area (TPSA) is 79.4 Å². The molecule has 8 nitrogen and oxygen atoms in total. The third-order valence-corrected chi connectivity index (χ3v) is 5.63. The standard InChI is InChI=1S/C22H28N6O2/c1-16-4-6-17(7-5-16)20(28-10-8-26(2)9-11-28)14-23-22(29)19-12-21(30-25-19)18-13-24-27(3)15-18/h4-7,12-13,15,20H,8-11,14H2,1-3H3,(H,23,29).